The van der Waals surface area contributed by atoms with Gasteiger partial charge in [-0.05, 0) is 18.6 Å². The van der Waals surface area contributed by atoms with Crippen molar-refractivity contribution in [3.8, 4) is 11.5 Å². The number of pyridine rings is 1. The molecule has 3 rings (SSSR count). The lowest BCUT2D eigenvalue weighted by molar-refractivity contribution is -0.115. The molecule has 0 aliphatic heterocycles. The van der Waals surface area contributed by atoms with E-state index in [0.29, 0.717) is 11.5 Å². The van der Waals surface area contributed by atoms with Gasteiger partial charge in [0.1, 0.15) is 5.69 Å². The molecule has 0 saturated carbocycles. The summed E-state index contributed by atoms with van der Waals surface area (Å²) in [6, 6.07) is 5.49. The molecule has 112 valence electrons. The van der Waals surface area contributed by atoms with E-state index in [4.69, 9.17) is 0 Å². The molecule has 0 saturated heterocycles. The molecule has 8 heteroatoms. The van der Waals surface area contributed by atoms with Gasteiger partial charge in [0, 0.05) is 11.6 Å². The van der Waals surface area contributed by atoms with Crippen LogP contribution in [0.3, 0.4) is 0 Å². The van der Waals surface area contributed by atoms with E-state index in [2.05, 4.69) is 30.5 Å². The minimum atomic E-state index is -0.195. The zero-order valence-corrected chi connectivity index (χ0v) is 12.7. The Kier molecular flexibility index (Phi) is 4.19. The molecule has 1 amide bonds. The van der Waals surface area contributed by atoms with Crippen molar-refractivity contribution in [3.63, 3.8) is 0 Å². The molecule has 0 spiro atoms. The number of anilines is 1. The summed E-state index contributed by atoms with van der Waals surface area (Å²) in [5.41, 5.74) is 1.43. The number of hydrogen-bond donors (Lipinski definition) is 2. The second kappa shape index (κ2) is 6.44. The Hall–Kier alpha value is -2.61. The minimum absolute atomic E-state index is 0.195. The standard InChI is InChI=1S/C14H14N6OS/c1-2-12-16-9(8-22-12)7-11(21)17-14-18-13(19-20-14)10-5-3-4-6-15-10/h3-6,8H,2,7H2,1H3,(H2,17,18,19,20,21). The lowest BCUT2D eigenvalue weighted by Crippen LogP contribution is -2.15. The zero-order valence-electron chi connectivity index (χ0n) is 11.9. The van der Waals surface area contributed by atoms with Gasteiger partial charge in [0.25, 0.3) is 0 Å². The Bertz CT molecular complexity index is 767. The SMILES string of the molecule is CCc1nc(CC(=O)Nc2n[nH]c(-c3ccccn3)n2)cs1. The number of nitrogens with zero attached hydrogens (tertiary/aromatic N) is 4. The largest absolute Gasteiger partial charge is 0.293 e. The van der Waals surface area contributed by atoms with E-state index < -0.39 is 0 Å². The first kappa shape index (κ1) is 14.3. The van der Waals surface area contributed by atoms with Gasteiger partial charge in [-0.15, -0.1) is 16.4 Å². The summed E-state index contributed by atoms with van der Waals surface area (Å²) in [6.07, 6.45) is 2.76. The maximum Gasteiger partial charge on any atom is 0.249 e. The Morgan fingerprint density at radius 1 is 1.36 bits per heavy atom. The van der Waals surface area contributed by atoms with Crippen LogP contribution in [0.25, 0.3) is 11.5 Å². The summed E-state index contributed by atoms with van der Waals surface area (Å²) in [5.74, 6) is 0.550. The number of carbonyl (C=O) groups is 1. The third-order valence-corrected chi connectivity index (χ3v) is 3.93. The summed E-state index contributed by atoms with van der Waals surface area (Å²) >= 11 is 1.56. The summed E-state index contributed by atoms with van der Waals surface area (Å²) in [4.78, 5) is 24.7. The van der Waals surface area contributed by atoms with E-state index in [1.165, 1.54) is 0 Å². The average Bonchev–Trinajstić information content (AvgIpc) is 3.17. The molecule has 0 aliphatic carbocycles. The number of aromatic amines is 1. The first-order valence-electron chi connectivity index (χ1n) is 6.81. The Morgan fingerprint density at radius 3 is 3.00 bits per heavy atom. The number of carbonyl (C=O) groups excluding carboxylic acids is 1. The lowest BCUT2D eigenvalue weighted by atomic mass is 10.3. The van der Waals surface area contributed by atoms with Crippen LogP contribution >= 0.6 is 11.3 Å². The van der Waals surface area contributed by atoms with E-state index >= 15 is 0 Å². The molecule has 0 radical (unpaired) electrons. The molecule has 0 fully saturated rings. The van der Waals surface area contributed by atoms with Crippen molar-refractivity contribution in [3.05, 3.63) is 40.5 Å². The fourth-order valence-corrected chi connectivity index (χ4v) is 2.61. The molecule has 2 N–H and O–H groups in total. The second-order valence-electron chi connectivity index (χ2n) is 4.53. The third-order valence-electron chi connectivity index (χ3n) is 2.89. The Balaban J connectivity index is 1.63. The highest BCUT2D eigenvalue weighted by Crippen LogP contribution is 2.13. The highest BCUT2D eigenvalue weighted by atomic mass is 32.1. The molecular weight excluding hydrogens is 300 g/mol. The Labute approximate surface area is 130 Å². The number of rotatable bonds is 5. The fraction of sp³-hybridized carbons (Fsp3) is 0.214. The summed E-state index contributed by atoms with van der Waals surface area (Å²) in [5, 5.41) is 12.3. The van der Waals surface area contributed by atoms with E-state index in [1.54, 1.807) is 17.5 Å². The van der Waals surface area contributed by atoms with Crippen LogP contribution < -0.4 is 5.32 Å². The van der Waals surface area contributed by atoms with Crippen molar-refractivity contribution < 1.29 is 4.79 Å². The third kappa shape index (κ3) is 3.34. The van der Waals surface area contributed by atoms with Gasteiger partial charge in [-0.2, -0.15) is 4.98 Å². The van der Waals surface area contributed by atoms with Gasteiger partial charge in [-0.25, -0.2) is 4.98 Å². The second-order valence-corrected chi connectivity index (χ2v) is 5.48. The molecule has 7 nitrogen and oxygen atoms in total. The fourth-order valence-electron chi connectivity index (χ4n) is 1.86. The lowest BCUT2D eigenvalue weighted by Gasteiger charge is -1.98. The van der Waals surface area contributed by atoms with Crippen LogP contribution in [0.1, 0.15) is 17.6 Å². The van der Waals surface area contributed by atoms with Crippen LogP contribution in [-0.4, -0.2) is 31.1 Å². The average molecular weight is 314 g/mol. The van der Waals surface area contributed by atoms with Crippen molar-refractivity contribution in [2.24, 2.45) is 0 Å². The Morgan fingerprint density at radius 2 is 2.27 bits per heavy atom. The first-order valence-corrected chi connectivity index (χ1v) is 7.69. The van der Waals surface area contributed by atoms with Crippen molar-refractivity contribution in [1.29, 1.82) is 0 Å². The quantitative estimate of drug-likeness (QED) is 0.751. The molecule has 0 aliphatic rings. The number of nitrogens with one attached hydrogen (secondary N) is 2. The van der Waals surface area contributed by atoms with Crippen LogP contribution in [0.15, 0.2) is 29.8 Å². The maximum atomic E-state index is 12.0. The number of amides is 1. The van der Waals surface area contributed by atoms with Crippen LogP contribution in [0.5, 0.6) is 0 Å². The molecule has 0 bridgehead atoms. The highest BCUT2D eigenvalue weighted by Gasteiger charge is 2.11. The van der Waals surface area contributed by atoms with Gasteiger partial charge >= 0.3 is 0 Å². The van der Waals surface area contributed by atoms with Gasteiger partial charge < -0.3 is 0 Å². The van der Waals surface area contributed by atoms with Gasteiger partial charge in [-0.3, -0.25) is 20.2 Å². The van der Waals surface area contributed by atoms with Crippen molar-refractivity contribution in [2.75, 3.05) is 5.32 Å². The number of aromatic nitrogens is 5. The molecule has 3 aromatic rings. The van der Waals surface area contributed by atoms with E-state index in [-0.39, 0.29) is 18.3 Å². The van der Waals surface area contributed by atoms with Crippen LogP contribution in [-0.2, 0) is 17.6 Å². The number of hydrogen-bond acceptors (Lipinski definition) is 6. The predicted molar refractivity (Wildman–Crippen MR) is 83.4 cm³/mol. The number of aryl methyl sites for hydroxylation is 1. The van der Waals surface area contributed by atoms with E-state index in [1.807, 2.05) is 30.5 Å². The van der Waals surface area contributed by atoms with Gasteiger partial charge in [-0.1, -0.05) is 13.0 Å². The smallest absolute Gasteiger partial charge is 0.249 e. The van der Waals surface area contributed by atoms with Crippen LogP contribution in [0, 0.1) is 0 Å². The topological polar surface area (TPSA) is 96.5 Å². The molecule has 22 heavy (non-hydrogen) atoms. The predicted octanol–water partition coefficient (Wildman–Crippen LogP) is 2.07. The summed E-state index contributed by atoms with van der Waals surface area (Å²) < 4.78 is 0. The van der Waals surface area contributed by atoms with Crippen molar-refractivity contribution in [1.82, 2.24) is 25.1 Å². The van der Waals surface area contributed by atoms with Crippen LogP contribution in [0.4, 0.5) is 5.95 Å². The number of H-pyrrole nitrogens is 1. The van der Waals surface area contributed by atoms with E-state index in [9.17, 15) is 4.79 Å². The summed E-state index contributed by atoms with van der Waals surface area (Å²) in [7, 11) is 0. The first-order chi connectivity index (χ1) is 10.7. The molecule has 0 unspecified atom stereocenters. The van der Waals surface area contributed by atoms with Gasteiger partial charge in [0.15, 0.2) is 5.82 Å². The molecular formula is C14H14N6OS. The van der Waals surface area contributed by atoms with E-state index in [0.717, 1.165) is 17.1 Å². The minimum Gasteiger partial charge on any atom is -0.293 e. The van der Waals surface area contributed by atoms with Gasteiger partial charge in [0.05, 0.1) is 17.1 Å². The monoisotopic (exact) mass is 314 g/mol. The maximum absolute atomic E-state index is 12.0. The van der Waals surface area contributed by atoms with Crippen molar-refractivity contribution in [2.45, 2.75) is 19.8 Å². The molecule has 0 aromatic carbocycles. The normalized spacial score (nSPS) is 10.6. The highest BCUT2D eigenvalue weighted by molar-refractivity contribution is 7.09. The van der Waals surface area contributed by atoms with Crippen molar-refractivity contribution >= 4 is 23.2 Å². The molecule has 0 atom stereocenters. The number of thiazole rings is 1. The summed E-state index contributed by atoms with van der Waals surface area (Å²) in [6.45, 7) is 2.04. The zero-order chi connectivity index (χ0) is 15.4. The van der Waals surface area contributed by atoms with Crippen LogP contribution in [0.2, 0.25) is 0 Å². The van der Waals surface area contributed by atoms with Gasteiger partial charge in [0.2, 0.25) is 11.9 Å². The molecule has 3 heterocycles. The molecule has 3 aromatic heterocycles.